The maximum Gasteiger partial charge on any atom is 0.211 e. The van der Waals surface area contributed by atoms with E-state index in [0.717, 1.165) is 22.6 Å². The summed E-state index contributed by atoms with van der Waals surface area (Å²) in [5, 5.41) is 22.5. The molecule has 3 aromatic carbocycles. The molecule has 5 heteroatoms. The third kappa shape index (κ3) is 3.68. The zero-order valence-corrected chi connectivity index (χ0v) is 15.7. The van der Waals surface area contributed by atoms with Crippen molar-refractivity contribution in [1.29, 1.82) is 0 Å². The molecule has 0 aliphatic rings. The zero-order valence-electron chi connectivity index (χ0n) is 14.9. The van der Waals surface area contributed by atoms with Crippen LogP contribution in [0.25, 0.3) is 22.0 Å². The van der Waals surface area contributed by atoms with Crippen LogP contribution in [-0.4, -0.2) is 15.9 Å². The molecule has 27 heavy (non-hydrogen) atoms. The van der Waals surface area contributed by atoms with Gasteiger partial charge in [-0.2, -0.15) is 5.10 Å². The molecule has 0 spiro atoms. The molecule has 4 aromatic rings. The van der Waals surface area contributed by atoms with E-state index in [2.05, 4.69) is 69.5 Å². The van der Waals surface area contributed by atoms with Crippen LogP contribution in [0.2, 0.25) is 0 Å². The van der Waals surface area contributed by atoms with E-state index in [1.54, 1.807) is 41.8 Å². The van der Waals surface area contributed by atoms with Gasteiger partial charge in [0, 0.05) is 11.9 Å². The van der Waals surface area contributed by atoms with Gasteiger partial charge in [0.25, 0.3) is 0 Å². The number of phenolic OH excluding ortho intramolecular Hbond substituents is 1. The van der Waals surface area contributed by atoms with Crippen LogP contribution in [0.4, 0.5) is 0 Å². The number of fused-ring (bicyclic) bond motifs is 1. The van der Waals surface area contributed by atoms with E-state index in [0.29, 0.717) is 0 Å². The highest BCUT2D eigenvalue weighted by atomic mass is 32.1. The second-order valence-electron chi connectivity index (χ2n) is 6.15. The Balaban J connectivity index is 1.69. The van der Waals surface area contributed by atoms with Gasteiger partial charge >= 0.3 is 0 Å². The molecule has 0 aliphatic heterocycles. The first-order valence-corrected chi connectivity index (χ1v) is 9.66. The fraction of sp³-hybridized carbons (Fsp3) is 0.0909. The molecule has 4 nitrogen and oxygen atoms in total. The van der Waals surface area contributed by atoms with Crippen LogP contribution in [0.1, 0.15) is 12.5 Å². The minimum absolute atomic E-state index is 0.242. The summed E-state index contributed by atoms with van der Waals surface area (Å²) < 4.78 is 2.17. The van der Waals surface area contributed by atoms with Crippen LogP contribution in [0.5, 0.6) is 5.75 Å². The number of aromatic hydroxyl groups is 1. The second-order valence-corrected chi connectivity index (χ2v) is 6.98. The van der Waals surface area contributed by atoms with Crippen molar-refractivity contribution in [3.63, 3.8) is 0 Å². The number of hydrogen-bond donors (Lipinski definition) is 1. The number of phenols is 1. The molecule has 0 atom stereocenters. The molecular formula is C22H19N3OS. The molecule has 0 aliphatic carbocycles. The molecule has 134 valence electrons. The first-order valence-electron chi connectivity index (χ1n) is 8.78. The first-order chi connectivity index (χ1) is 13.2. The van der Waals surface area contributed by atoms with Crippen LogP contribution in [0.15, 0.2) is 82.3 Å². The van der Waals surface area contributed by atoms with Gasteiger partial charge < -0.3 is 9.67 Å². The lowest BCUT2D eigenvalue weighted by Crippen LogP contribution is -2.14. The third-order valence-corrected chi connectivity index (χ3v) is 5.26. The van der Waals surface area contributed by atoms with Gasteiger partial charge in [-0.3, -0.25) is 0 Å². The number of aromatic nitrogens is 1. The molecule has 1 heterocycles. The highest BCUT2D eigenvalue weighted by molar-refractivity contribution is 7.07. The van der Waals surface area contributed by atoms with Gasteiger partial charge in [0.15, 0.2) is 0 Å². The number of rotatable bonds is 4. The number of benzene rings is 3. The monoisotopic (exact) mass is 373 g/mol. The summed E-state index contributed by atoms with van der Waals surface area (Å²) in [4.78, 5) is 0.857. The first kappa shape index (κ1) is 17.2. The lowest BCUT2D eigenvalue weighted by Gasteiger charge is -2.07. The Kier molecular flexibility index (Phi) is 4.85. The molecule has 4 rings (SSSR count). The largest absolute Gasteiger partial charge is 0.508 e. The number of thiazole rings is 1. The van der Waals surface area contributed by atoms with Crippen molar-refractivity contribution in [2.24, 2.45) is 10.2 Å². The van der Waals surface area contributed by atoms with Crippen molar-refractivity contribution < 1.29 is 5.11 Å². The quantitative estimate of drug-likeness (QED) is 0.396. The molecule has 1 aromatic heterocycles. The Morgan fingerprint density at radius 2 is 1.78 bits per heavy atom. The predicted octanol–water partition coefficient (Wildman–Crippen LogP) is 5.03. The van der Waals surface area contributed by atoms with Gasteiger partial charge in [-0.05, 0) is 59.2 Å². The fourth-order valence-electron chi connectivity index (χ4n) is 3.00. The van der Waals surface area contributed by atoms with E-state index in [9.17, 15) is 5.11 Å². The Morgan fingerprint density at radius 3 is 2.56 bits per heavy atom. The van der Waals surface area contributed by atoms with Crippen LogP contribution in [0.3, 0.4) is 0 Å². The third-order valence-electron chi connectivity index (χ3n) is 4.40. The topological polar surface area (TPSA) is 49.9 Å². The van der Waals surface area contributed by atoms with Gasteiger partial charge in [-0.15, -0.1) is 16.4 Å². The average Bonchev–Trinajstić information content (AvgIpc) is 3.12. The second kappa shape index (κ2) is 7.60. The van der Waals surface area contributed by atoms with E-state index < -0.39 is 0 Å². The minimum atomic E-state index is 0.242. The normalized spacial score (nSPS) is 12.3. The number of hydrogen-bond acceptors (Lipinski definition) is 4. The summed E-state index contributed by atoms with van der Waals surface area (Å²) in [5.74, 6) is 0.242. The lowest BCUT2D eigenvalue weighted by molar-refractivity contribution is 0.475. The Morgan fingerprint density at radius 1 is 1.00 bits per heavy atom. The van der Waals surface area contributed by atoms with Crippen molar-refractivity contribution in [3.8, 4) is 17.0 Å². The van der Waals surface area contributed by atoms with Gasteiger partial charge in [-0.1, -0.05) is 36.4 Å². The Bertz CT molecular complexity index is 1170. The average molecular weight is 373 g/mol. The summed E-state index contributed by atoms with van der Waals surface area (Å²) in [5.41, 5.74) is 3.22. The van der Waals surface area contributed by atoms with Gasteiger partial charge in [-0.25, -0.2) is 0 Å². The molecular weight excluding hydrogens is 354 g/mol. The van der Waals surface area contributed by atoms with Crippen molar-refractivity contribution >= 4 is 28.3 Å². The van der Waals surface area contributed by atoms with Gasteiger partial charge in [0.05, 0.1) is 11.9 Å². The summed E-state index contributed by atoms with van der Waals surface area (Å²) in [6.07, 6.45) is 1.69. The molecule has 0 amide bonds. The molecule has 1 N–H and O–H groups in total. The van der Waals surface area contributed by atoms with Crippen molar-refractivity contribution in [2.45, 2.75) is 13.5 Å². The summed E-state index contributed by atoms with van der Waals surface area (Å²) in [7, 11) is 0. The van der Waals surface area contributed by atoms with Gasteiger partial charge in [0.1, 0.15) is 5.75 Å². The fourth-order valence-corrected chi connectivity index (χ4v) is 3.93. The van der Waals surface area contributed by atoms with E-state index >= 15 is 0 Å². The summed E-state index contributed by atoms with van der Waals surface area (Å²) in [6.45, 7) is 2.93. The molecule has 0 fully saturated rings. The van der Waals surface area contributed by atoms with E-state index in [-0.39, 0.29) is 5.75 Å². The molecule has 0 saturated carbocycles. The Labute approximate surface area is 161 Å². The van der Waals surface area contributed by atoms with Crippen LogP contribution >= 0.6 is 11.3 Å². The summed E-state index contributed by atoms with van der Waals surface area (Å²) >= 11 is 1.58. The number of nitrogens with zero attached hydrogens (tertiary/aromatic N) is 3. The standard InChI is InChI=1S/C22H19N3OS/c1-2-25-21(19-10-9-17-5-3-4-6-18(17)13-19)15-27-22(25)24-23-14-16-7-11-20(26)12-8-16/h3-15,26H,2H2,1H3/b23-14-,24-22-. The summed E-state index contributed by atoms with van der Waals surface area (Å²) in [6, 6.07) is 21.8. The van der Waals surface area contributed by atoms with E-state index in [1.807, 2.05) is 0 Å². The van der Waals surface area contributed by atoms with Crippen molar-refractivity contribution in [2.75, 3.05) is 0 Å². The predicted molar refractivity (Wildman–Crippen MR) is 112 cm³/mol. The minimum Gasteiger partial charge on any atom is -0.508 e. The molecule has 0 unspecified atom stereocenters. The lowest BCUT2D eigenvalue weighted by atomic mass is 10.1. The van der Waals surface area contributed by atoms with E-state index in [4.69, 9.17) is 0 Å². The zero-order chi connectivity index (χ0) is 18.6. The molecule has 0 radical (unpaired) electrons. The smallest absolute Gasteiger partial charge is 0.211 e. The molecule has 0 saturated heterocycles. The van der Waals surface area contributed by atoms with Crippen LogP contribution < -0.4 is 4.80 Å². The van der Waals surface area contributed by atoms with Crippen molar-refractivity contribution in [1.82, 2.24) is 4.57 Å². The van der Waals surface area contributed by atoms with Gasteiger partial charge in [0.2, 0.25) is 4.80 Å². The van der Waals surface area contributed by atoms with Crippen LogP contribution in [-0.2, 0) is 6.54 Å². The van der Waals surface area contributed by atoms with Crippen LogP contribution in [0, 0.1) is 0 Å². The SMILES string of the molecule is CCn1c(-c2ccc3ccccc3c2)cs/c1=N\N=C/c1ccc(O)cc1. The highest BCUT2D eigenvalue weighted by Gasteiger charge is 2.07. The van der Waals surface area contributed by atoms with E-state index in [1.165, 1.54) is 16.3 Å². The molecule has 0 bridgehead atoms. The Hall–Kier alpha value is -3.18. The highest BCUT2D eigenvalue weighted by Crippen LogP contribution is 2.25. The van der Waals surface area contributed by atoms with Crippen molar-refractivity contribution in [3.05, 3.63) is 82.5 Å². The maximum atomic E-state index is 9.34. The maximum absolute atomic E-state index is 9.34.